The fourth-order valence-corrected chi connectivity index (χ4v) is 2.77. The lowest BCUT2D eigenvalue weighted by Crippen LogP contribution is -2.50. The SMILES string of the molecule is CCOC(=O)c1ccccc1NC(=O)N1CCN(c2cnccn2)CC1. The molecular formula is C18H21N5O3. The van der Waals surface area contributed by atoms with Crippen molar-refractivity contribution in [2.45, 2.75) is 6.92 Å². The van der Waals surface area contributed by atoms with Gasteiger partial charge in [-0.05, 0) is 19.1 Å². The van der Waals surface area contributed by atoms with Gasteiger partial charge < -0.3 is 19.9 Å². The van der Waals surface area contributed by atoms with Crippen LogP contribution >= 0.6 is 0 Å². The first-order valence-electron chi connectivity index (χ1n) is 8.52. The monoisotopic (exact) mass is 355 g/mol. The maximum atomic E-state index is 12.6. The van der Waals surface area contributed by atoms with Crippen molar-refractivity contribution in [1.29, 1.82) is 0 Å². The maximum absolute atomic E-state index is 12.6. The van der Waals surface area contributed by atoms with Crippen LogP contribution in [0.1, 0.15) is 17.3 Å². The molecule has 2 amide bonds. The second-order valence-corrected chi connectivity index (χ2v) is 5.73. The molecule has 0 saturated carbocycles. The molecule has 1 aliphatic rings. The Morgan fingerprint density at radius 1 is 1.15 bits per heavy atom. The second kappa shape index (κ2) is 8.28. The third-order valence-electron chi connectivity index (χ3n) is 4.10. The Kier molecular flexibility index (Phi) is 5.62. The highest BCUT2D eigenvalue weighted by atomic mass is 16.5. The van der Waals surface area contributed by atoms with E-state index in [4.69, 9.17) is 4.74 Å². The smallest absolute Gasteiger partial charge is 0.340 e. The number of benzene rings is 1. The number of aromatic nitrogens is 2. The van der Waals surface area contributed by atoms with Crippen LogP contribution in [0.25, 0.3) is 0 Å². The van der Waals surface area contributed by atoms with Gasteiger partial charge in [-0.2, -0.15) is 0 Å². The molecule has 0 radical (unpaired) electrons. The molecule has 3 rings (SSSR count). The van der Waals surface area contributed by atoms with Crippen molar-refractivity contribution >= 4 is 23.5 Å². The van der Waals surface area contributed by atoms with E-state index in [0.29, 0.717) is 37.4 Å². The summed E-state index contributed by atoms with van der Waals surface area (Å²) in [5, 5.41) is 2.81. The Balaban J connectivity index is 1.61. The number of rotatable bonds is 4. The van der Waals surface area contributed by atoms with Gasteiger partial charge in [0.2, 0.25) is 0 Å². The summed E-state index contributed by atoms with van der Waals surface area (Å²) in [6.07, 6.45) is 5.00. The van der Waals surface area contributed by atoms with E-state index in [0.717, 1.165) is 5.82 Å². The number of amides is 2. The maximum Gasteiger partial charge on any atom is 0.340 e. The summed E-state index contributed by atoms with van der Waals surface area (Å²) in [4.78, 5) is 36.7. The third kappa shape index (κ3) is 4.08. The summed E-state index contributed by atoms with van der Waals surface area (Å²) in [7, 11) is 0. The van der Waals surface area contributed by atoms with Crippen molar-refractivity contribution in [2.75, 3.05) is 43.0 Å². The Morgan fingerprint density at radius 3 is 2.62 bits per heavy atom. The molecule has 0 spiro atoms. The fourth-order valence-electron chi connectivity index (χ4n) is 2.77. The van der Waals surface area contributed by atoms with Gasteiger partial charge >= 0.3 is 12.0 Å². The lowest BCUT2D eigenvalue weighted by atomic mass is 10.2. The zero-order chi connectivity index (χ0) is 18.4. The highest BCUT2D eigenvalue weighted by Gasteiger charge is 2.23. The predicted octanol–water partition coefficient (Wildman–Crippen LogP) is 2.01. The Bertz CT molecular complexity index is 760. The van der Waals surface area contributed by atoms with E-state index in [2.05, 4.69) is 20.2 Å². The molecule has 1 aliphatic heterocycles. The number of carbonyl (C=O) groups is 2. The quantitative estimate of drug-likeness (QED) is 0.844. The van der Waals surface area contributed by atoms with Crippen molar-refractivity contribution in [3.8, 4) is 0 Å². The van der Waals surface area contributed by atoms with Crippen LogP contribution in [0.4, 0.5) is 16.3 Å². The molecule has 26 heavy (non-hydrogen) atoms. The van der Waals surface area contributed by atoms with Crippen molar-refractivity contribution in [3.05, 3.63) is 48.4 Å². The first-order chi connectivity index (χ1) is 12.7. The first kappa shape index (κ1) is 17.7. The summed E-state index contributed by atoms with van der Waals surface area (Å²) < 4.78 is 5.04. The van der Waals surface area contributed by atoms with Crippen LogP contribution in [0.5, 0.6) is 0 Å². The van der Waals surface area contributed by atoms with Gasteiger partial charge in [-0.3, -0.25) is 4.98 Å². The summed E-state index contributed by atoms with van der Waals surface area (Å²) in [5.74, 6) is 0.357. The molecule has 1 saturated heterocycles. The summed E-state index contributed by atoms with van der Waals surface area (Å²) in [6.45, 7) is 4.49. The van der Waals surface area contributed by atoms with Crippen molar-refractivity contribution < 1.29 is 14.3 Å². The fraction of sp³-hybridized carbons (Fsp3) is 0.333. The van der Waals surface area contributed by atoms with Crippen LogP contribution in [0, 0.1) is 0 Å². The van der Waals surface area contributed by atoms with Crippen LogP contribution in [0.2, 0.25) is 0 Å². The molecule has 0 aliphatic carbocycles. The van der Waals surface area contributed by atoms with Gasteiger partial charge in [0, 0.05) is 38.6 Å². The summed E-state index contributed by atoms with van der Waals surface area (Å²) >= 11 is 0. The second-order valence-electron chi connectivity index (χ2n) is 5.73. The third-order valence-corrected chi connectivity index (χ3v) is 4.10. The Morgan fingerprint density at radius 2 is 1.92 bits per heavy atom. The minimum Gasteiger partial charge on any atom is -0.462 e. The van der Waals surface area contributed by atoms with E-state index in [1.54, 1.807) is 54.7 Å². The number of hydrogen-bond donors (Lipinski definition) is 1. The number of ether oxygens (including phenoxy) is 1. The van der Waals surface area contributed by atoms with Gasteiger partial charge in [0.1, 0.15) is 5.82 Å². The van der Waals surface area contributed by atoms with Crippen molar-refractivity contribution in [1.82, 2.24) is 14.9 Å². The first-order valence-corrected chi connectivity index (χ1v) is 8.52. The molecule has 1 fully saturated rings. The molecule has 0 atom stereocenters. The minimum absolute atomic E-state index is 0.236. The molecule has 0 unspecified atom stereocenters. The zero-order valence-electron chi connectivity index (χ0n) is 14.6. The molecule has 2 aromatic rings. The van der Waals surface area contributed by atoms with Gasteiger partial charge in [-0.15, -0.1) is 0 Å². The number of urea groups is 1. The van der Waals surface area contributed by atoms with E-state index in [9.17, 15) is 9.59 Å². The molecule has 2 heterocycles. The van der Waals surface area contributed by atoms with E-state index >= 15 is 0 Å². The normalized spacial score (nSPS) is 14.0. The number of nitrogens with zero attached hydrogens (tertiary/aromatic N) is 4. The predicted molar refractivity (Wildman–Crippen MR) is 97.2 cm³/mol. The van der Waals surface area contributed by atoms with Gasteiger partial charge in [-0.25, -0.2) is 14.6 Å². The van der Waals surface area contributed by atoms with E-state index in [1.807, 2.05) is 0 Å². The highest BCUT2D eigenvalue weighted by Crippen LogP contribution is 2.18. The molecular weight excluding hydrogens is 334 g/mol. The molecule has 1 aromatic heterocycles. The average Bonchev–Trinajstić information content (AvgIpc) is 2.69. The summed E-state index contributed by atoms with van der Waals surface area (Å²) in [5.41, 5.74) is 0.799. The van der Waals surface area contributed by atoms with Crippen molar-refractivity contribution in [2.24, 2.45) is 0 Å². The van der Waals surface area contributed by atoms with Gasteiger partial charge in [0.25, 0.3) is 0 Å². The number of hydrogen-bond acceptors (Lipinski definition) is 6. The van der Waals surface area contributed by atoms with Crippen LogP contribution in [-0.4, -0.2) is 59.7 Å². The lowest BCUT2D eigenvalue weighted by Gasteiger charge is -2.35. The summed E-state index contributed by atoms with van der Waals surface area (Å²) in [6, 6.07) is 6.60. The Labute approximate surface area is 151 Å². The van der Waals surface area contributed by atoms with E-state index < -0.39 is 5.97 Å². The standard InChI is InChI=1S/C18H21N5O3/c1-2-26-17(24)14-5-3-4-6-15(14)21-18(25)23-11-9-22(10-12-23)16-13-19-7-8-20-16/h3-8,13H,2,9-12H2,1H3,(H,21,25). The molecule has 8 heteroatoms. The van der Waals surface area contributed by atoms with Crippen LogP contribution in [-0.2, 0) is 4.74 Å². The van der Waals surface area contributed by atoms with Gasteiger partial charge in [0.05, 0.1) is 24.1 Å². The molecule has 8 nitrogen and oxygen atoms in total. The van der Waals surface area contributed by atoms with E-state index in [1.165, 1.54) is 0 Å². The molecule has 136 valence electrons. The Hall–Kier alpha value is -3.16. The number of esters is 1. The molecule has 0 bridgehead atoms. The largest absolute Gasteiger partial charge is 0.462 e. The van der Waals surface area contributed by atoms with Gasteiger partial charge in [-0.1, -0.05) is 12.1 Å². The molecule has 1 N–H and O–H groups in total. The minimum atomic E-state index is -0.448. The number of para-hydroxylation sites is 1. The number of carbonyl (C=O) groups excluding carboxylic acids is 2. The van der Waals surface area contributed by atoms with Crippen LogP contribution in [0.3, 0.4) is 0 Å². The lowest BCUT2D eigenvalue weighted by molar-refractivity contribution is 0.0527. The van der Waals surface area contributed by atoms with E-state index in [-0.39, 0.29) is 12.6 Å². The molecule has 1 aromatic carbocycles. The topological polar surface area (TPSA) is 87.7 Å². The van der Waals surface area contributed by atoms with Crippen LogP contribution < -0.4 is 10.2 Å². The van der Waals surface area contributed by atoms with Crippen molar-refractivity contribution in [3.63, 3.8) is 0 Å². The highest BCUT2D eigenvalue weighted by molar-refractivity contribution is 6.00. The van der Waals surface area contributed by atoms with Gasteiger partial charge in [0.15, 0.2) is 0 Å². The number of anilines is 2. The van der Waals surface area contributed by atoms with Crippen LogP contribution in [0.15, 0.2) is 42.9 Å². The zero-order valence-corrected chi connectivity index (χ0v) is 14.6. The number of piperazine rings is 1. The number of nitrogens with one attached hydrogen (secondary N) is 1. The average molecular weight is 355 g/mol.